The molecule has 1 N–H and O–H groups in total. The van der Waals surface area contributed by atoms with Crippen LogP contribution in [0.1, 0.15) is 17.2 Å². The summed E-state index contributed by atoms with van der Waals surface area (Å²) in [5.41, 5.74) is 2.32. The van der Waals surface area contributed by atoms with Gasteiger partial charge in [-0.05, 0) is 42.8 Å². The van der Waals surface area contributed by atoms with E-state index in [9.17, 15) is 13.2 Å². The summed E-state index contributed by atoms with van der Waals surface area (Å²) in [7, 11) is 0. The normalized spacial score (nSPS) is 12.7. The largest absolute Gasteiger partial charge is 0.412 e. The van der Waals surface area contributed by atoms with E-state index in [1.54, 1.807) is 42.6 Å². The Morgan fingerprint density at radius 1 is 0.971 bits per heavy atom. The van der Waals surface area contributed by atoms with Crippen molar-refractivity contribution in [1.82, 2.24) is 24.9 Å². The van der Waals surface area contributed by atoms with Crippen molar-refractivity contribution in [3.8, 4) is 11.3 Å². The summed E-state index contributed by atoms with van der Waals surface area (Å²) < 4.78 is 43.7. The average Bonchev–Trinajstić information content (AvgIpc) is 2.81. The Morgan fingerprint density at radius 2 is 1.82 bits per heavy atom. The lowest BCUT2D eigenvalue weighted by molar-refractivity contribution is -0.143. The number of hydrogen-bond acceptors (Lipinski definition) is 6. The van der Waals surface area contributed by atoms with Gasteiger partial charge < -0.3 is 5.32 Å². The zero-order valence-electron chi connectivity index (χ0n) is 17.7. The fraction of sp³-hybridized carbons (Fsp3) is 0.125. The molecular weight excluding hydrogens is 465 g/mol. The smallest absolute Gasteiger partial charge is 0.353 e. The summed E-state index contributed by atoms with van der Waals surface area (Å²) in [5, 5.41) is 3.37. The van der Waals surface area contributed by atoms with Crippen molar-refractivity contribution in [2.45, 2.75) is 19.1 Å². The number of aromatic nitrogens is 5. The monoisotopic (exact) mass is 480 g/mol. The first-order valence-electron chi connectivity index (χ1n) is 10.2. The van der Waals surface area contributed by atoms with Crippen LogP contribution < -0.4 is 5.32 Å². The van der Waals surface area contributed by atoms with Crippen molar-refractivity contribution < 1.29 is 13.2 Å². The second-order valence-electron chi connectivity index (χ2n) is 7.70. The first kappa shape index (κ1) is 22.0. The average molecular weight is 481 g/mol. The van der Waals surface area contributed by atoms with E-state index in [-0.39, 0.29) is 22.6 Å². The molecule has 0 amide bonds. The molecule has 5 rings (SSSR count). The van der Waals surface area contributed by atoms with Crippen molar-refractivity contribution in [2.75, 3.05) is 5.32 Å². The van der Waals surface area contributed by atoms with E-state index in [1.165, 1.54) is 24.8 Å². The second-order valence-corrected chi connectivity index (χ2v) is 8.11. The van der Waals surface area contributed by atoms with Gasteiger partial charge in [0, 0.05) is 35.1 Å². The summed E-state index contributed by atoms with van der Waals surface area (Å²) in [6, 6.07) is 9.34. The molecule has 0 aliphatic rings. The molecule has 6 nitrogen and oxygen atoms in total. The molecule has 0 radical (unpaired) electrons. The fourth-order valence-corrected chi connectivity index (χ4v) is 4.01. The minimum absolute atomic E-state index is 0.0348. The van der Waals surface area contributed by atoms with Crippen LogP contribution in [0.2, 0.25) is 5.02 Å². The minimum atomic E-state index is -4.69. The number of hydrogen-bond donors (Lipinski definition) is 1. The maximum absolute atomic E-state index is 14.6. The van der Waals surface area contributed by atoms with E-state index in [2.05, 4.69) is 30.2 Å². The number of rotatable bonds is 4. The lowest BCUT2D eigenvalue weighted by Gasteiger charge is -2.25. The number of nitrogens with zero attached hydrogens (tertiary/aromatic N) is 5. The number of pyridine rings is 3. The predicted molar refractivity (Wildman–Crippen MR) is 124 cm³/mol. The molecule has 5 aromatic rings. The second kappa shape index (κ2) is 8.49. The summed E-state index contributed by atoms with van der Waals surface area (Å²) >= 11 is 6.32. The first-order chi connectivity index (χ1) is 16.3. The van der Waals surface area contributed by atoms with Gasteiger partial charge in [0.05, 0.1) is 21.7 Å². The molecule has 4 heterocycles. The van der Waals surface area contributed by atoms with Crippen LogP contribution in [0.15, 0.2) is 67.4 Å². The molecule has 1 aromatic carbocycles. The first-order valence-corrected chi connectivity index (χ1v) is 10.6. The van der Waals surface area contributed by atoms with E-state index in [0.29, 0.717) is 27.0 Å². The Balaban J connectivity index is 1.75. The summed E-state index contributed by atoms with van der Waals surface area (Å²) in [4.78, 5) is 21.0. The van der Waals surface area contributed by atoms with Gasteiger partial charge in [0.1, 0.15) is 11.8 Å². The van der Waals surface area contributed by atoms with Crippen molar-refractivity contribution >= 4 is 39.4 Å². The molecule has 170 valence electrons. The van der Waals surface area contributed by atoms with E-state index in [0.717, 1.165) is 5.56 Å². The molecule has 0 bridgehead atoms. The van der Waals surface area contributed by atoms with Gasteiger partial charge >= 0.3 is 6.18 Å². The number of alkyl halides is 3. The van der Waals surface area contributed by atoms with E-state index < -0.39 is 12.2 Å². The van der Waals surface area contributed by atoms with Crippen molar-refractivity contribution in [3.63, 3.8) is 0 Å². The zero-order chi connectivity index (χ0) is 23.9. The quantitative estimate of drug-likeness (QED) is 0.325. The lowest BCUT2D eigenvalue weighted by atomic mass is 9.97. The molecule has 0 spiro atoms. The summed E-state index contributed by atoms with van der Waals surface area (Å²) in [6.07, 6.45) is 1.09. The number of nitrogens with one attached hydrogen (secondary N) is 1. The minimum Gasteiger partial charge on any atom is -0.353 e. The molecule has 1 atom stereocenters. The van der Waals surface area contributed by atoms with Gasteiger partial charge in [0.25, 0.3) is 0 Å². The molecule has 0 aliphatic carbocycles. The highest BCUT2D eigenvalue weighted by Gasteiger charge is 2.43. The highest BCUT2D eigenvalue weighted by Crippen LogP contribution is 2.41. The maximum Gasteiger partial charge on any atom is 0.412 e. The Hall–Kier alpha value is -3.85. The van der Waals surface area contributed by atoms with Gasteiger partial charge in [-0.1, -0.05) is 23.7 Å². The molecular formula is C24H16ClF3N6. The van der Waals surface area contributed by atoms with Crippen molar-refractivity contribution in [3.05, 3.63) is 83.5 Å². The van der Waals surface area contributed by atoms with Crippen molar-refractivity contribution in [1.29, 1.82) is 0 Å². The Morgan fingerprint density at radius 3 is 2.62 bits per heavy atom. The number of benzene rings is 1. The molecule has 0 saturated carbocycles. The summed E-state index contributed by atoms with van der Waals surface area (Å²) in [5.74, 6) is -0.0348. The SMILES string of the molecule is Cc1cncc(-c2nc3c(Cl)cccc3cc2[C@@H](Nc2ncnc3cccnc23)C(F)(F)F)c1. The molecule has 4 aromatic heterocycles. The lowest BCUT2D eigenvalue weighted by Crippen LogP contribution is -2.29. The standard InChI is InChI=1S/C24H16ClF3N6/c1-13-8-15(11-29-10-13)19-16(9-14-4-2-5-17(25)20(14)33-19)22(24(26,27)28)34-23-21-18(31-12-32-23)6-3-7-30-21/h2-12,22H,1H3,(H,31,32,34)/t22-/m1/s1. The number of halogens is 4. The Bertz CT molecular complexity index is 1520. The van der Waals surface area contributed by atoms with E-state index >= 15 is 0 Å². The van der Waals surface area contributed by atoms with Gasteiger partial charge in [-0.25, -0.2) is 15.0 Å². The third-order valence-corrected chi connectivity index (χ3v) is 5.59. The van der Waals surface area contributed by atoms with Crippen molar-refractivity contribution in [2.24, 2.45) is 0 Å². The van der Waals surface area contributed by atoms with Gasteiger partial charge in [-0.2, -0.15) is 13.2 Å². The topological polar surface area (TPSA) is 76.5 Å². The van der Waals surface area contributed by atoms with Gasteiger partial charge in [-0.15, -0.1) is 0 Å². The highest BCUT2D eigenvalue weighted by molar-refractivity contribution is 6.35. The van der Waals surface area contributed by atoms with Crippen LogP contribution in [0.3, 0.4) is 0 Å². The maximum atomic E-state index is 14.6. The van der Waals surface area contributed by atoms with Crippen LogP contribution in [0.5, 0.6) is 0 Å². The van der Waals surface area contributed by atoms with Crippen LogP contribution in [-0.4, -0.2) is 31.1 Å². The number of anilines is 1. The van der Waals surface area contributed by atoms with E-state index in [4.69, 9.17) is 11.6 Å². The van der Waals surface area contributed by atoms with Crippen LogP contribution in [0.25, 0.3) is 33.2 Å². The highest BCUT2D eigenvalue weighted by atomic mass is 35.5. The molecule has 34 heavy (non-hydrogen) atoms. The van der Waals surface area contributed by atoms with E-state index in [1.807, 2.05) is 6.92 Å². The van der Waals surface area contributed by atoms with Gasteiger partial charge in [0.2, 0.25) is 0 Å². The third-order valence-electron chi connectivity index (χ3n) is 5.29. The number of para-hydroxylation sites is 1. The van der Waals surface area contributed by atoms with Crippen LogP contribution in [0.4, 0.5) is 19.0 Å². The number of aryl methyl sites for hydroxylation is 1. The molecule has 0 unspecified atom stereocenters. The zero-order valence-corrected chi connectivity index (χ0v) is 18.4. The van der Waals surface area contributed by atoms with Crippen LogP contribution in [0, 0.1) is 6.92 Å². The Labute approximate surface area is 196 Å². The number of fused-ring (bicyclic) bond motifs is 2. The molecule has 0 aliphatic heterocycles. The van der Waals surface area contributed by atoms with Gasteiger partial charge in [0.15, 0.2) is 11.9 Å². The van der Waals surface area contributed by atoms with Gasteiger partial charge in [-0.3, -0.25) is 9.97 Å². The third kappa shape index (κ3) is 4.10. The Kier molecular flexibility index (Phi) is 5.49. The molecule has 0 saturated heterocycles. The van der Waals surface area contributed by atoms with Crippen LogP contribution >= 0.6 is 11.6 Å². The summed E-state index contributed by atoms with van der Waals surface area (Å²) in [6.45, 7) is 1.81. The van der Waals surface area contributed by atoms with Crippen LogP contribution in [-0.2, 0) is 0 Å². The fourth-order valence-electron chi connectivity index (χ4n) is 3.79. The molecule has 10 heteroatoms. The predicted octanol–water partition coefficient (Wildman–Crippen LogP) is 6.31. The molecule has 0 fully saturated rings.